The molecule has 4 heteroatoms. The SMILES string of the molecule is CCOc1ccccc1/C=C(/C=C(\C)C(=O)N=O)CC. The molecule has 0 heterocycles. The molecule has 1 aromatic rings. The van der Waals surface area contributed by atoms with Crippen LogP contribution in [0.1, 0.15) is 32.8 Å². The molecule has 1 amide bonds. The van der Waals surface area contributed by atoms with Crippen LogP contribution in [0.15, 0.2) is 46.7 Å². The zero-order valence-electron chi connectivity index (χ0n) is 12.1. The molecule has 20 heavy (non-hydrogen) atoms. The predicted molar refractivity (Wildman–Crippen MR) is 80.4 cm³/mol. The highest BCUT2D eigenvalue weighted by Crippen LogP contribution is 2.22. The average Bonchev–Trinajstić information content (AvgIpc) is 2.47. The molecule has 0 saturated heterocycles. The molecule has 0 atom stereocenters. The fourth-order valence-corrected chi connectivity index (χ4v) is 1.74. The van der Waals surface area contributed by atoms with Gasteiger partial charge in [0.1, 0.15) is 5.75 Å². The summed E-state index contributed by atoms with van der Waals surface area (Å²) in [6, 6.07) is 7.69. The van der Waals surface area contributed by atoms with Crippen molar-refractivity contribution in [1.29, 1.82) is 0 Å². The van der Waals surface area contributed by atoms with Gasteiger partial charge in [-0.05, 0) is 38.0 Å². The van der Waals surface area contributed by atoms with Gasteiger partial charge in [0.05, 0.1) is 6.61 Å². The first kappa shape index (κ1) is 15.8. The van der Waals surface area contributed by atoms with Gasteiger partial charge >= 0.3 is 5.91 Å². The maximum Gasteiger partial charge on any atom is 0.312 e. The van der Waals surface area contributed by atoms with E-state index in [1.807, 2.05) is 44.2 Å². The van der Waals surface area contributed by atoms with E-state index in [2.05, 4.69) is 5.18 Å². The highest BCUT2D eigenvalue weighted by atomic mass is 16.5. The van der Waals surface area contributed by atoms with Crippen LogP contribution in [0.5, 0.6) is 5.75 Å². The van der Waals surface area contributed by atoms with Crippen LogP contribution in [0.2, 0.25) is 0 Å². The Morgan fingerprint density at radius 2 is 2.00 bits per heavy atom. The van der Waals surface area contributed by atoms with E-state index in [-0.39, 0.29) is 0 Å². The summed E-state index contributed by atoms with van der Waals surface area (Å²) in [5.41, 5.74) is 2.22. The molecular weight excluding hydrogens is 254 g/mol. The highest BCUT2D eigenvalue weighted by Gasteiger charge is 2.05. The van der Waals surface area contributed by atoms with Crippen molar-refractivity contribution < 1.29 is 9.53 Å². The van der Waals surface area contributed by atoms with Crippen LogP contribution < -0.4 is 4.74 Å². The second kappa shape index (κ2) is 8.04. The first-order valence-electron chi connectivity index (χ1n) is 6.60. The number of ether oxygens (including phenoxy) is 1. The fourth-order valence-electron chi connectivity index (χ4n) is 1.74. The van der Waals surface area contributed by atoms with Crippen molar-refractivity contribution in [1.82, 2.24) is 0 Å². The molecule has 0 unspecified atom stereocenters. The predicted octanol–water partition coefficient (Wildman–Crippen LogP) is 4.12. The summed E-state index contributed by atoms with van der Waals surface area (Å²) in [4.78, 5) is 21.4. The lowest BCUT2D eigenvalue weighted by atomic mass is 10.1. The molecule has 0 aromatic heterocycles. The number of para-hydroxylation sites is 1. The lowest BCUT2D eigenvalue weighted by Gasteiger charge is -2.08. The topological polar surface area (TPSA) is 55.7 Å². The Morgan fingerprint density at radius 3 is 2.60 bits per heavy atom. The number of nitrogens with zero attached hydrogens (tertiary/aromatic N) is 1. The maximum atomic E-state index is 11.2. The quantitative estimate of drug-likeness (QED) is 0.445. The third-order valence-electron chi connectivity index (χ3n) is 2.79. The third-order valence-corrected chi connectivity index (χ3v) is 2.79. The minimum atomic E-state index is -0.734. The molecule has 1 rings (SSSR count). The van der Waals surface area contributed by atoms with Gasteiger partial charge in [0.15, 0.2) is 0 Å². The van der Waals surface area contributed by atoms with Crippen molar-refractivity contribution in [2.24, 2.45) is 5.18 Å². The second-order valence-corrected chi connectivity index (χ2v) is 4.27. The van der Waals surface area contributed by atoms with E-state index in [0.29, 0.717) is 12.2 Å². The Bertz CT molecular complexity index is 544. The molecule has 0 aliphatic rings. The normalized spacial score (nSPS) is 12.2. The summed E-state index contributed by atoms with van der Waals surface area (Å²) in [7, 11) is 0. The third kappa shape index (κ3) is 4.46. The van der Waals surface area contributed by atoms with Gasteiger partial charge in [-0.25, -0.2) is 0 Å². The van der Waals surface area contributed by atoms with Crippen LogP contribution in [0.4, 0.5) is 0 Å². The van der Waals surface area contributed by atoms with Gasteiger partial charge < -0.3 is 4.74 Å². The Hall–Kier alpha value is -2.23. The molecule has 4 nitrogen and oxygen atoms in total. The fraction of sp³-hybridized carbons (Fsp3) is 0.312. The monoisotopic (exact) mass is 273 g/mol. The van der Waals surface area contributed by atoms with Gasteiger partial charge in [0.2, 0.25) is 0 Å². The van der Waals surface area contributed by atoms with Gasteiger partial charge in [-0.1, -0.05) is 31.2 Å². The minimum absolute atomic E-state index is 0.335. The number of hydrogen-bond donors (Lipinski definition) is 0. The van der Waals surface area contributed by atoms with Gasteiger partial charge in [-0.15, -0.1) is 4.91 Å². The highest BCUT2D eigenvalue weighted by molar-refractivity contribution is 5.94. The smallest absolute Gasteiger partial charge is 0.312 e. The van der Waals surface area contributed by atoms with Crippen LogP contribution in [0.3, 0.4) is 0 Å². The number of allylic oxidation sites excluding steroid dienone is 2. The largest absolute Gasteiger partial charge is 0.493 e. The summed E-state index contributed by atoms with van der Waals surface area (Å²) in [5.74, 6) is 0.0642. The summed E-state index contributed by atoms with van der Waals surface area (Å²) in [6.07, 6.45) is 4.38. The van der Waals surface area contributed by atoms with Crippen LogP contribution in [-0.4, -0.2) is 12.5 Å². The van der Waals surface area contributed by atoms with Crippen molar-refractivity contribution in [3.8, 4) is 5.75 Å². The summed E-state index contributed by atoms with van der Waals surface area (Å²) in [5, 5.41) is 2.42. The standard InChI is InChI=1S/C16H19NO3/c1-4-13(10-12(3)16(18)17-19)11-14-8-6-7-9-15(14)20-5-2/h6-11H,4-5H2,1-3H3/b12-10+,13-11+. The van der Waals surface area contributed by atoms with E-state index in [1.54, 1.807) is 13.0 Å². The molecule has 0 spiro atoms. The van der Waals surface area contributed by atoms with Crippen LogP contribution in [-0.2, 0) is 4.79 Å². The van der Waals surface area contributed by atoms with E-state index in [0.717, 1.165) is 23.3 Å². The first-order chi connectivity index (χ1) is 9.62. The van der Waals surface area contributed by atoms with E-state index < -0.39 is 5.91 Å². The van der Waals surface area contributed by atoms with Gasteiger partial charge in [-0.2, -0.15) is 0 Å². The Morgan fingerprint density at radius 1 is 1.30 bits per heavy atom. The molecule has 106 valence electrons. The molecule has 0 N–H and O–H groups in total. The number of carbonyl (C=O) groups excluding carboxylic acids is 1. The number of benzene rings is 1. The molecule has 1 aromatic carbocycles. The summed E-state index contributed by atoms with van der Waals surface area (Å²) >= 11 is 0. The molecule has 0 bridgehead atoms. The van der Waals surface area contributed by atoms with Crippen LogP contribution >= 0.6 is 0 Å². The molecule has 0 saturated carbocycles. The van der Waals surface area contributed by atoms with Crippen LogP contribution in [0, 0.1) is 4.91 Å². The molecule has 0 radical (unpaired) electrons. The van der Waals surface area contributed by atoms with E-state index >= 15 is 0 Å². The number of nitroso groups, excluding NO2 is 1. The Kier molecular flexibility index (Phi) is 6.37. The maximum absolute atomic E-state index is 11.2. The van der Waals surface area contributed by atoms with E-state index in [4.69, 9.17) is 4.74 Å². The lowest BCUT2D eigenvalue weighted by molar-refractivity contribution is -0.114. The average molecular weight is 273 g/mol. The van der Waals surface area contributed by atoms with Crippen molar-refractivity contribution in [3.05, 3.63) is 52.0 Å². The van der Waals surface area contributed by atoms with Gasteiger partial charge in [-0.3, -0.25) is 4.79 Å². The van der Waals surface area contributed by atoms with Crippen molar-refractivity contribution in [2.45, 2.75) is 27.2 Å². The number of rotatable bonds is 6. The van der Waals surface area contributed by atoms with Crippen LogP contribution in [0.25, 0.3) is 6.08 Å². The van der Waals surface area contributed by atoms with Gasteiger partial charge in [0.25, 0.3) is 0 Å². The Balaban J connectivity index is 3.12. The van der Waals surface area contributed by atoms with E-state index in [1.165, 1.54) is 0 Å². The molecule has 0 aliphatic carbocycles. The number of carbonyl (C=O) groups is 1. The van der Waals surface area contributed by atoms with Gasteiger partial charge in [0, 0.05) is 16.3 Å². The number of hydrogen-bond acceptors (Lipinski definition) is 3. The molecule has 0 aliphatic heterocycles. The zero-order chi connectivity index (χ0) is 15.0. The summed E-state index contributed by atoms with van der Waals surface area (Å²) < 4.78 is 5.56. The zero-order valence-corrected chi connectivity index (χ0v) is 12.1. The van der Waals surface area contributed by atoms with E-state index in [9.17, 15) is 9.70 Å². The summed E-state index contributed by atoms with van der Waals surface area (Å²) in [6.45, 7) is 6.09. The molecular formula is C16H19NO3. The minimum Gasteiger partial charge on any atom is -0.493 e. The molecule has 0 fully saturated rings. The first-order valence-corrected chi connectivity index (χ1v) is 6.60. The lowest BCUT2D eigenvalue weighted by Crippen LogP contribution is -1.95. The number of amides is 1. The second-order valence-electron chi connectivity index (χ2n) is 4.27. The van der Waals surface area contributed by atoms with Crippen molar-refractivity contribution in [3.63, 3.8) is 0 Å². The Labute approximate surface area is 119 Å². The van der Waals surface area contributed by atoms with Crippen molar-refractivity contribution >= 4 is 12.0 Å². The van der Waals surface area contributed by atoms with Crippen molar-refractivity contribution in [2.75, 3.05) is 6.61 Å².